The molecule has 108 valence electrons. The molecule has 1 heterocycles. The van der Waals surface area contributed by atoms with Gasteiger partial charge in [0.15, 0.2) is 0 Å². The summed E-state index contributed by atoms with van der Waals surface area (Å²) in [6.07, 6.45) is 2.94. The first-order valence-corrected chi connectivity index (χ1v) is 8.14. The van der Waals surface area contributed by atoms with Crippen molar-refractivity contribution in [2.45, 2.75) is 38.6 Å². The highest BCUT2D eigenvalue weighted by Gasteiger charge is 2.24. The van der Waals surface area contributed by atoms with Crippen molar-refractivity contribution >= 4 is 43.0 Å². The van der Waals surface area contributed by atoms with Crippen LogP contribution in [0.25, 0.3) is 10.9 Å². The maximum absolute atomic E-state index is 11.2. The predicted octanol–water partition coefficient (Wildman–Crippen LogP) is 4.94. The summed E-state index contributed by atoms with van der Waals surface area (Å²) in [5.74, 6) is 0. The lowest BCUT2D eigenvalue weighted by Gasteiger charge is -2.09. The Kier molecular flexibility index (Phi) is 5.21. The molecule has 0 aliphatic carbocycles. The zero-order chi connectivity index (χ0) is 14.7. The van der Waals surface area contributed by atoms with Gasteiger partial charge in [-0.15, -0.1) is 0 Å². The van der Waals surface area contributed by atoms with E-state index < -0.39 is 6.04 Å². The molecule has 0 spiro atoms. The molecule has 0 bridgehead atoms. The Morgan fingerprint density at radius 3 is 2.75 bits per heavy atom. The number of hydrogen-bond donors (Lipinski definition) is 0. The van der Waals surface area contributed by atoms with E-state index in [2.05, 4.69) is 39.0 Å². The standard InChI is InChI=1S/C14H16Br2N2O2/c1-2-3-6-10(18(19)20)9-12-11-7-4-5-8-13(11)17(16)14(12)15/h4-5,7-8,10H,2-3,6,9H2,1H3. The van der Waals surface area contributed by atoms with Gasteiger partial charge in [-0.3, -0.25) is 13.7 Å². The molecule has 20 heavy (non-hydrogen) atoms. The second-order valence-electron chi connectivity index (χ2n) is 4.85. The van der Waals surface area contributed by atoms with Crippen molar-refractivity contribution in [3.05, 3.63) is 44.5 Å². The van der Waals surface area contributed by atoms with Gasteiger partial charge in [-0.25, -0.2) is 0 Å². The lowest BCUT2D eigenvalue weighted by molar-refractivity contribution is -0.523. The summed E-state index contributed by atoms with van der Waals surface area (Å²) in [4.78, 5) is 11.1. The molecule has 2 aromatic rings. The summed E-state index contributed by atoms with van der Waals surface area (Å²) in [6, 6.07) is 7.39. The molecule has 1 aromatic heterocycles. The van der Waals surface area contributed by atoms with E-state index in [4.69, 9.17) is 0 Å². The second kappa shape index (κ2) is 6.72. The summed E-state index contributed by atoms with van der Waals surface area (Å²) < 4.78 is 2.72. The number of rotatable bonds is 6. The van der Waals surface area contributed by atoms with Crippen LogP contribution in [0.15, 0.2) is 28.9 Å². The van der Waals surface area contributed by atoms with Crippen molar-refractivity contribution in [1.82, 2.24) is 3.59 Å². The average molecular weight is 404 g/mol. The molecule has 0 aliphatic heterocycles. The maximum Gasteiger partial charge on any atom is 0.217 e. The van der Waals surface area contributed by atoms with Crippen LogP contribution in [0.1, 0.15) is 31.7 Å². The first-order valence-electron chi connectivity index (χ1n) is 6.63. The SMILES string of the molecule is CCCCC(Cc1c(Br)n(Br)c2ccccc12)[N+](=O)[O-]. The van der Waals surface area contributed by atoms with E-state index in [0.29, 0.717) is 12.8 Å². The van der Waals surface area contributed by atoms with Gasteiger partial charge in [0.25, 0.3) is 0 Å². The van der Waals surface area contributed by atoms with Crippen molar-refractivity contribution in [1.29, 1.82) is 0 Å². The van der Waals surface area contributed by atoms with Crippen LogP contribution in [0.3, 0.4) is 0 Å². The van der Waals surface area contributed by atoms with Gasteiger partial charge in [0, 0.05) is 28.7 Å². The molecular formula is C14H16Br2N2O2. The van der Waals surface area contributed by atoms with Gasteiger partial charge in [0.2, 0.25) is 6.04 Å². The molecule has 0 aliphatic rings. The van der Waals surface area contributed by atoms with Crippen LogP contribution < -0.4 is 0 Å². The van der Waals surface area contributed by atoms with Crippen molar-refractivity contribution < 1.29 is 4.92 Å². The number of aromatic nitrogens is 1. The van der Waals surface area contributed by atoms with Gasteiger partial charge in [-0.05, 0) is 28.4 Å². The smallest absolute Gasteiger partial charge is 0.217 e. The Morgan fingerprint density at radius 2 is 2.10 bits per heavy atom. The molecule has 6 heteroatoms. The van der Waals surface area contributed by atoms with E-state index in [1.54, 1.807) is 0 Å². The van der Waals surface area contributed by atoms with Crippen LogP contribution in [0.5, 0.6) is 0 Å². The largest absolute Gasteiger partial charge is 0.270 e. The first kappa shape index (κ1) is 15.5. The van der Waals surface area contributed by atoms with Crippen LogP contribution >= 0.6 is 32.1 Å². The number of nitro groups is 1. The van der Waals surface area contributed by atoms with E-state index in [-0.39, 0.29) is 4.92 Å². The van der Waals surface area contributed by atoms with Gasteiger partial charge in [-0.1, -0.05) is 31.5 Å². The van der Waals surface area contributed by atoms with Crippen LogP contribution in [-0.2, 0) is 6.42 Å². The molecular weight excluding hydrogens is 388 g/mol. The molecule has 1 unspecified atom stereocenters. The molecule has 0 saturated carbocycles. The van der Waals surface area contributed by atoms with Crippen molar-refractivity contribution in [2.24, 2.45) is 0 Å². The number of benzene rings is 1. The summed E-state index contributed by atoms with van der Waals surface area (Å²) in [5.41, 5.74) is 2.02. The lowest BCUT2D eigenvalue weighted by Crippen LogP contribution is -2.22. The number of halogens is 2. The topological polar surface area (TPSA) is 48.1 Å². The third-order valence-electron chi connectivity index (χ3n) is 3.49. The predicted molar refractivity (Wildman–Crippen MR) is 88.0 cm³/mol. The van der Waals surface area contributed by atoms with E-state index in [0.717, 1.165) is 33.9 Å². The highest BCUT2D eigenvalue weighted by molar-refractivity contribution is 9.12. The number of nitrogens with zero attached hydrogens (tertiary/aromatic N) is 2. The fourth-order valence-corrected chi connectivity index (χ4v) is 3.48. The number of unbranched alkanes of at least 4 members (excludes halogenated alkanes) is 1. The molecule has 0 N–H and O–H groups in total. The number of fused-ring (bicyclic) bond motifs is 1. The fraction of sp³-hybridized carbons (Fsp3) is 0.429. The van der Waals surface area contributed by atoms with E-state index in [1.807, 2.05) is 27.9 Å². The zero-order valence-electron chi connectivity index (χ0n) is 11.2. The van der Waals surface area contributed by atoms with E-state index in [9.17, 15) is 10.1 Å². The minimum absolute atomic E-state index is 0.150. The second-order valence-corrected chi connectivity index (χ2v) is 6.31. The summed E-state index contributed by atoms with van der Waals surface area (Å²) in [7, 11) is 0. The van der Waals surface area contributed by atoms with Gasteiger partial charge in [-0.2, -0.15) is 0 Å². The van der Waals surface area contributed by atoms with Crippen LogP contribution in [-0.4, -0.2) is 14.6 Å². The molecule has 0 fully saturated rings. The van der Waals surface area contributed by atoms with Gasteiger partial charge in [0.1, 0.15) is 0 Å². The Hall–Kier alpha value is -0.880. The Morgan fingerprint density at radius 1 is 1.40 bits per heavy atom. The van der Waals surface area contributed by atoms with Gasteiger partial charge in [0.05, 0.1) is 26.3 Å². The van der Waals surface area contributed by atoms with E-state index >= 15 is 0 Å². The maximum atomic E-state index is 11.2. The Labute approximate surface area is 134 Å². The Balaban J connectivity index is 2.37. The van der Waals surface area contributed by atoms with Crippen LogP contribution in [0.2, 0.25) is 0 Å². The van der Waals surface area contributed by atoms with Crippen molar-refractivity contribution in [3.63, 3.8) is 0 Å². The third-order valence-corrected chi connectivity index (χ3v) is 5.54. The minimum atomic E-state index is -0.524. The summed E-state index contributed by atoms with van der Waals surface area (Å²) >= 11 is 7.01. The fourth-order valence-electron chi connectivity index (χ4n) is 2.39. The zero-order valence-corrected chi connectivity index (χ0v) is 14.4. The quantitative estimate of drug-likeness (QED) is 0.506. The molecule has 0 radical (unpaired) electrons. The highest BCUT2D eigenvalue weighted by Crippen LogP contribution is 2.33. The van der Waals surface area contributed by atoms with Crippen LogP contribution in [0, 0.1) is 10.1 Å². The molecule has 1 atom stereocenters. The van der Waals surface area contributed by atoms with Crippen LogP contribution in [0.4, 0.5) is 0 Å². The highest BCUT2D eigenvalue weighted by atomic mass is 79.9. The molecule has 4 nitrogen and oxygen atoms in total. The van der Waals surface area contributed by atoms with Gasteiger partial charge < -0.3 is 0 Å². The average Bonchev–Trinajstić information content (AvgIpc) is 2.68. The minimum Gasteiger partial charge on any atom is -0.270 e. The number of hydrogen-bond acceptors (Lipinski definition) is 2. The monoisotopic (exact) mass is 402 g/mol. The Bertz CT molecular complexity index is 625. The normalized spacial score (nSPS) is 12.8. The van der Waals surface area contributed by atoms with Gasteiger partial charge >= 0.3 is 0 Å². The van der Waals surface area contributed by atoms with Crippen molar-refractivity contribution in [3.8, 4) is 0 Å². The summed E-state index contributed by atoms with van der Waals surface area (Å²) in [6.45, 7) is 2.05. The first-order chi connectivity index (χ1) is 9.56. The summed E-state index contributed by atoms with van der Waals surface area (Å²) in [5, 5.41) is 12.3. The molecule has 1 aromatic carbocycles. The lowest BCUT2D eigenvalue weighted by atomic mass is 10.0. The third kappa shape index (κ3) is 3.06. The molecule has 0 amide bonds. The van der Waals surface area contributed by atoms with E-state index in [1.165, 1.54) is 0 Å². The number of para-hydroxylation sites is 1. The molecule has 0 saturated heterocycles. The molecule has 2 rings (SSSR count). The van der Waals surface area contributed by atoms with Crippen molar-refractivity contribution in [2.75, 3.05) is 0 Å².